The van der Waals surface area contributed by atoms with Gasteiger partial charge in [-0.3, -0.25) is 14.2 Å². The van der Waals surface area contributed by atoms with Gasteiger partial charge in [-0.2, -0.15) is 0 Å². The third-order valence-corrected chi connectivity index (χ3v) is 6.50. The Morgan fingerprint density at radius 1 is 1.35 bits per heavy atom. The van der Waals surface area contributed by atoms with Gasteiger partial charge < -0.3 is 4.74 Å². The van der Waals surface area contributed by atoms with Crippen molar-refractivity contribution >= 4 is 39.3 Å². The van der Waals surface area contributed by atoms with E-state index in [1.807, 2.05) is 36.4 Å². The van der Waals surface area contributed by atoms with E-state index in [2.05, 4.69) is 11.6 Å². The second kappa shape index (κ2) is 7.09. The number of thiophene rings is 1. The lowest BCUT2D eigenvalue weighted by molar-refractivity contribution is -0.137. The summed E-state index contributed by atoms with van der Waals surface area (Å²) in [6.45, 7) is 4.50. The van der Waals surface area contributed by atoms with E-state index in [4.69, 9.17) is 4.74 Å². The fraction of sp³-hybridized carbons (Fsp3) is 0.211. The van der Waals surface area contributed by atoms with Crippen LogP contribution in [-0.4, -0.2) is 27.4 Å². The SMILES string of the molecule is C=CCn1c(S[C@H]2CCOC2=O)nc2cc(-c3ccccc3)sc2c1=O. The van der Waals surface area contributed by atoms with E-state index in [9.17, 15) is 9.59 Å². The summed E-state index contributed by atoms with van der Waals surface area (Å²) in [4.78, 5) is 30.5. The standard InChI is InChI=1S/C19H16N2O3S2/c1-2-9-21-17(22)16-13(11-15(25-16)12-6-4-3-5-7-12)20-19(21)26-14-8-10-24-18(14)23/h2-7,11,14H,1,8-10H2/t14-/m0/s1. The molecular weight excluding hydrogens is 368 g/mol. The Hall–Kier alpha value is -2.38. The number of carbonyl (C=O) groups excluding carboxylic acids is 1. The molecule has 4 rings (SSSR count). The number of hydrogen-bond acceptors (Lipinski definition) is 6. The molecule has 5 nitrogen and oxygen atoms in total. The van der Waals surface area contributed by atoms with Gasteiger partial charge in [0.25, 0.3) is 5.56 Å². The molecule has 0 bridgehead atoms. The molecule has 26 heavy (non-hydrogen) atoms. The van der Waals surface area contributed by atoms with Crippen LogP contribution in [0.25, 0.3) is 20.7 Å². The van der Waals surface area contributed by atoms with Crippen LogP contribution in [0.3, 0.4) is 0 Å². The number of fused-ring (bicyclic) bond motifs is 1. The quantitative estimate of drug-likeness (QED) is 0.381. The third kappa shape index (κ3) is 3.08. The van der Waals surface area contributed by atoms with Crippen LogP contribution >= 0.6 is 23.1 Å². The van der Waals surface area contributed by atoms with Crippen molar-refractivity contribution in [3.8, 4) is 10.4 Å². The fourth-order valence-corrected chi connectivity index (χ4v) is 4.95. The van der Waals surface area contributed by atoms with Gasteiger partial charge in [0, 0.05) is 17.8 Å². The summed E-state index contributed by atoms with van der Waals surface area (Å²) in [5.74, 6) is -0.246. The van der Waals surface area contributed by atoms with Crippen LogP contribution < -0.4 is 5.56 Å². The van der Waals surface area contributed by atoms with Gasteiger partial charge in [0.2, 0.25) is 0 Å². The Balaban J connectivity index is 1.83. The van der Waals surface area contributed by atoms with Gasteiger partial charge in [-0.25, -0.2) is 4.98 Å². The van der Waals surface area contributed by atoms with E-state index in [0.717, 1.165) is 10.4 Å². The minimum absolute atomic E-state index is 0.101. The number of benzene rings is 1. The average molecular weight is 384 g/mol. The maximum absolute atomic E-state index is 13.0. The number of carbonyl (C=O) groups is 1. The van der Waals surface area contributed by atoms with Gasteiger partial charge in [0.1, 0.15) is 9.95 Å². The van der Waals surface area contributed by atoms with Crippen LogP contribution in [0, 0.1) is 0 Å². The van der Waals surface area contributed by atoms with Gasteiger partial charge in [0.15, 0.2) is 5.16 Å². The molecule has 2 aromatic heterocycles. The van der Waals surface area contributed by atoms with Crippen LogP contribution in [-0.2, 0) is 16.1 Å². The maximum Gasteiger partial charge on any atom is 0.319 e. The van der Waals surface area contributed by atoms with Crippen molar-refractivity contribution in [2.75, 3.05) is 6.61 Å². The molecule has 1 atom stereocenters. The van der Waals surface area contributed by atoms with E-state index >= 15 is 0 Å². The van der Waals surface area contributed by atoms with Crippen molar-refractivity contribution < 1.29 is 9.53 Å². The predicted molar refractivity (Wildman–Crippen MR) is 105 cm³/mol. The highest BCUT2D eigenvalue weighted by molar-refractivity contribution is 8.00. The zero-order valence-corrected chi connectivity index (χ0v) is 15.5. The maximum atomic E-state index is 13.0. The van der Waals surface area contributed by atoms with Gasteiger partial charge in [-0.05, 0) is 11.6 Å². The summed E-state index contributed by atoms with van der Waals surface area (Å²) < 4.78 is 7.22. The third-order valence-electron chi connectivity index (χ3n) is 4.10. The van der Waals surface area contributed by atoms with E-state index in [0.29, 0.717) is 34.9 Å². The molecule has 1 aromatic carbocycles. The van der Waals surface area contributed by atoms with Gasteiger partial charge in [-0.15, -0.1) is 17.9 Å². The summed E-state index contributed by atoms with van der Waals surface area (Å²) in [5, 5.41) is 0.214. The van der Waals surface area contributed by atoms with Gasteiger partial charge in [-0.1, -0.05) is 48.2 Å². The summed E-state index contributed by atoms with van der Waals surface area (Å²) in [6.07, 6.45) is 2.29. The highest BCUT2D eigenvalue weighted by Gasteiger charge is 2.29. The minimum atomic E-state index is -0.317. The molecule has 0 radical (unpaired) electrons. The largest absolute Gasteiger partial charge is 0.465 e. The smallest absolute Gasteiger partial charge is 0.319 e. The topological polar surface area (TPSA) is 61.2 Å². The zero-order chi connectivity index (χ0) is 18.1. The van der Waals surface area contributed by atoms with Crippen LogP contribution in [0.4, 0.5) is 0 Å². The predicted octanol–water partition coefficient (Wildman–Crippen LogP) is 3.72. The molecule has 0 saturated carbocycles. The number of allylic oxidation sites excluding steroid dienone is 1. The molecule has 0 unspecified atom stereocenters. The lowest BCUT2D eigenvalue weighted by Gasteiger charge is -2.11. The molecule has 1 aliphatic heterocycles. The first kappa shape index (κ1) is 17.1. The van der Waals surface area contributed by atoms with Crippen molar-refractivity contribution in [3.63, 3.8) is 0 Å². The van der Waals surface area contributed by atoms with Gasteiger partial charge in [0.05, 0.1) is 12.1 Å². The highest BCUT2D eigenvalue weighted by atomic mass is 32.2. The Labute approximate surface area is 158 Å². The van der Waals surface area contributed by atoms with E-state index < -0.39 is 0 Å². The molecule has 0 aliphatic carbocycles. The van der Waals surface area contributed by atoms with Crippen LogP contribution in [0.15, 0.2) is 59.0 Å². The first-order chi connectivity index (χ1) is 12.7. The minimum Gasteiger partial charge on any atom is -0.465 e. The molecule has 0 amide bonds. The van der Waals surface area contributed by atoms with Crippen molar-refractivity contribution in [1.82, 2.24) is 9.55 Å². The fourth-order valence-electron chi connectivity index (χ4n) is 2.83. The van der Waals surface area contributed by atoms with E-state index in [1.165, 1.54) is 23.1 Å². The van der Waals surface area contributed by atoms with Crippen molar-refractivity contribution in [3.05, 3.63) is 59.4 Å². The summed E-state index contributed by atoms with van der Waals surface area (Å²) in [7, 11) is 0. The van der Waals surface area contributed by atoms with Crippen molar-refractivity contribution in [1.29, 1.82) is 0 Å². The summed E-state index contributed by atoms with van der Waals surface area (Å²) in [5.41, 5.74) is 1.61. The Kier molecular flexibility index (Phi) is 4.65. The summed E-state index contributed by atoms with van der Waals surface area (Å²) >= 11 is 2.73. The van der Waals surface area contributed by atoms with E-state index in [1.54, 1.807) is 10.6 Å². The second-order valence-corrected chi connectivity index (χ2v) is 8.07. The molecule has 0 spiro atoms. The molecule has 1 fully saturated rings. The number of nitrogens with zero attached hydrogens (tertiary/aromatic N) is 2. The molecule has 3 heterocycles. The molecule has 132 valence electrons. The number of esters is 1. The lowest BCUT2D eigenvalue weighted by atomic mass is 10.2. The number of aromatic nitrogens is 2. The Morgan fingerprint density at radius 3 is 2.85 bits per heavy atom. The Bertz CT molecular complexity index is 1040. The molecular formula is C19H16N2O3S2. The number of cyclic esters (lactones) is 1. The average Bonchev–Trinajstić information content (AvgIpc) is 3.26. The Morgan fingerprint density at radius 2 is 2.15 bits per heavy atom. The molecule has 1 saturated heterocycles. The van der Waals surface area contributed by atoms with Gasteiger partial charge >= 0.3 is 5.97 Å². The normalized spacial score (nSPS) is 16.8. The van der Waals surface area contributed by atoms with Crippen LogP contribution in [0.2, 0.25) is 0 Å². The molecule has 0 N–H and O–H groups in total. The number of thioether (sulfide) groups is 1. The molecule has 1 aliphatic rings. The van der Waals surface area contributed by atoms with Crippen molar-refractivity contribution in [2.24, 2.45) is 0 Å². The van der Waals surface area contributed by atoms with E-state index in [-0.39, 0.29) is 16.8 Å². The molecule has 3 aromatic rings. The lowest BCUT2D eigenvalue weighted by Crippen LogP contribution is -2.23. The monoisotopic (exact) mass is 384 g/mol. The first-order valence-corrected chi connectivity index (χ1v) is 9.91. The number of hydrogen-bond donors (Lipinski definition) is 0. The first-order valence-electron chi connectivity index (χ1n) is 8.21. The van der Waals surface area contributed by atoms with Crippen molar-refractivity contribution in [2.45, 2.75) is 23.4 Å². The highest BCUT2D eigenvalue weighted by Crippen LogP contribution is 2.33. The number of ether oxygens (including phenoxy) is 1. The van der Waals surface area contributed by atoms with Crippen LogP contribution in [0.5, 0.6) is 0 Å². The number of rotatable bonds is 5. The van der Waals surface area contributed by atoms with Crippen LogP contribution in [0.1, 0.15) is 6.42 Å². The molecule has 7 heteroatoms. The zero-order valence-electron chi connectivity index (χ0n) is 13.9. The summed E-state index contributed by atoms with van der Waals surface area (Å²) in [6, 6.07) is 11.9. The second-order valence-electron chi connectivity index (χ2n) is 5.85.